The monoisotopic (exact) mass is 265 g/mol. The van der Waals surface area contributed by atoms with E-state index in [0.29, 0.717) is 18.2 Å². The number of nitrogens with one attached hydrogen (secondary N) is 1. The minimum absolute atomic E-state index is 0.209. The molecule has 0 amide bonds. The van der Waals surface area contributed by atoms with Crippen LogP contribution in [0.2, 0.25) is 0 Å². The minimum atomic E-state index is 0.209. The Morgan fingerprint density at radius 2 is 2.26 bits per heavy atom. The van der Waals surface area contributed by atoms with Crippen LogP contribution in [0.5, 0.6) is 0 Å². The molecule has 2 rings (SSSR count). The summed E-state index contributed by atoms with van der Waals surface area (Å²) in [5.41, 5.74) is 2.73. The van der Waals surface area contributed by atoms with Gasteiger partial charge < -0.3 is 10.1 Å². The number of hydrogen-bond donors (Lipinski definition) is 1. The number of nitrogens with zero attached hydrogens (tertiary/aromatic N) is 2. The van der Waals surface area contributed by atoms with Crippen molar-refractivity contribution in [1.82, 2.24) is 15.1 Å². The van der Waals surface area contributed by atoms with Crippen molar-refractivity contribution >= 4 is 0 Å². The zero-order valence-corrected chi connectivity index (χ0v) is 13.0. The first-order valence-corrected chi connectivity index (χ1v) is 7.24. The molecule has 0 aliphatic heterocycles. The quantitative estimate of drug-likeness (QED) is 0.889. The van der Waals surface area contributed by atoms with Crippen molar-refractivity contribution in [1.29, 1.82) is 0 Å². The third-order valence-corrected chi connectivity index (χ3v) is 4.74. The fourth-order valence-corrected chi connectivity index (χ4v) is 2.98. The highest BCUT2D eigenvalue weighted by Gasteiger charge is 2.49. The van der Waals surface area contributed by atoms with Crippen LogP contribution in [0.25, 0.3) is 0 Å². The second-order valence-corrected chi connectivity index (χ2v) is 6.25. The lowest BCUT2D eigenvalue weighted by atomic mass is 9.64. The Labute approximate surface area is 116 Å². The van der Waals surface area contributed by atoms with E-state index in [1.807, 2.05) is 17.9 Å². The van der Waals surface area contributed by atoms with Crippen LogP contribution < -0.4 is 5.32 Å². The number of hydrogen-bond acceptors (Lipinski definition) is 3. The van der Waals surface area contributed by atoms with Crippen LogP contribution in [0.4, 0.5) is 0 Å². The van der Waals surface area contributed by atoms with E-state index in [9.17, 15) is 0 Å². The van der Waals surface area contributed by atoms with Gasteiger partial charge in [0.25, 0.3) is 0 Å². The van der Waals surface area contributed by atoms with Crippen LogP contribution in [0.3, 0.4) is 0 Å². The van der Waals surface area contributed by atoms with Crippen molar-refractivity contribution < 1.29 is 4.74 Å². The molecule has 3 unspecified atom stereocenters. The van der Waals surface area contributed by atoms with E-state index in [2.05, 4.69) is 45.0 Å². The number of aryl methyl sites for hydroxylation is 1. The molecule has 19 heavy (non-hydrogen) atoms. The van der Waals surface area contributed by atoms with Gasteiger partial charge in [0.1, 0.15) is 0 Å². The van der Waals surface area contributed by atoms with E-state index in [1.165, 1.54) is 11.3 Å². The summed E-state index contributed by atoms with van der Waals surface area (Å²) >= 11 is 0. The molecule has 1 heterocycles. The Kier molecular flexibility index (Phi) is 4.02. The smallest absolute Gasteiger partial charge is 0.0655 e. The van der Waals surface area contributed by atoms with Gasteiger partial charge in [-0.1, -0.05) is 13.8 Å². The average Bonchev–Trinajstić information content (AvgIpc) is 2.69. The van der Waals surface area contributed by atoms with Crippen molar-refractivity contribution in [2.75, 3.05) is 6.61 Å². The molecule has 0 aromatic carbocycles. The summed E-state index contributed by atoms with van der Waals surface area (Å²) in [6, 6.07) is 0.846. The topological polar surface area (TPSA) is 39.1 Å². The molecule has 0 spiro atoms. The fourth-order valence-electron chi connectivity index (χ4n) is 2.98. The molecule has 1 saturated carbocycles. The summed E-state index contributed by atoms with van der Waals surface area (Å²) < 4.78 is 7.71. The lowest BCUT2D eigenvalue weighted by Gasteiger charge is -2.52. The molecule has 4 heteroatoms. The minimum Gasteiger partial charge on any atom is -0.378 e. The fraction of sp³-hybridized carbons (Fsp3) is 0.800. The van der Waals surface area contributed by atoms with E-state index < -0.39 is 0 Å². The Hall–Kier alpha value is -0.870. The summed E-state index contributed by atoms with van der Waals surface area (Å²) in [7, 11) is 1.99. The van der Waals surface area contributed by atoms with Gasteiger partial charge in [0.15, 0.2) is 0 Å². The van der Waals surface area contributed by atoms with Gasteiger partial charge in [0, 0.05) is 42.4 Å². The molecule has 1 fully saturated rings. The predicted octanol–water partition coefficient (Wildman–Crippen LogP) is 2.58. The molecule has 3 atom stereocenters. The largest absolute Gasteiger partial charge is 0.378 e. The third kappa shape index (κ3) is 2.56. The maximum absolute atomic E-state index is 5.78. The van der Waals surface area contributed by atoms with Gasteiger partial charge >= 0.3 is 0 Å². The van der Waals surface area contributed by atoms with Crippen molar-refractivity contribution in [2.45, 2.75) is 59.2 Å². The highest BCUT2D eigenvalue weighted by molar-refractivity contribution is 5.20. The van der Waals surface area contributed by atoms with Crippen LogP contribution >= 0.6 is 0 Å². The molecule has 1 aliphatic rings. The van der Waals surface area contributed by atoms with E-state index >= 15 is 0 Å². The number of rotatable bonds is 5. The summed E-state index contributed by atoms with van der Waals surface area (Å²) in [4.78, 5) is 0. The normalized spacial score (nSPS) is 27.1. The van der Waals surface area contributed by atoms with Crippen LogP contribution in [0, 0.1) is 12.3 Å². The van der Waals surface area contributed by atoms with E-state index in [0.717, 1.165) is 13.0 Å². The maximum Gasteiger partial charge on any atom is 0.0655 e. The molecule has 1 aromatic heterocycles. The second kappa shape index (κ2) is 5.25. The molecule has 0 saturated heterocycles. The van der Waals surface area contributed by atoms with Crippen LogP contribution in [0.1, 0.15) is 51.4 Å². The van der Waals surface area contributed by atoms with Crippen molar-refractivity contribution in [2.24, 2.45) is 12.5 Å². The second-order valence-electron chi connectivity index (χ2n) is 6.25. The van der Waals surface area contributed by atoms with Gasteiger partial charge in [0.05, 0.1) is 12.3 Å². The van der Waals surface area contributed by atoms with Gasteiger partial charge in [-0.2, -0.15) is 5.10 Å². The van der Waals surface area contributed by atoms with E-state index in [-0.39, 0.29) is 5.41 Å². The van der Waals surface area contributed by atoms with Gasteiger partial charge in [-0.3, -0.25) is 4.68 Å². The Morgan fingerprint density at radius 3 is 2.74 bits per heavy atom. The van der Waals surface area contributed by atoms with E-state index in [1.54, 1.807) is 0 Å². The predicted molar refractivity (Wildman–Crippen MR) is 77.1 cm³/mol. The first-order chi connectivity index (χ1) is 8.87. The SMILES string of the molecule is CCOC1CC(NC(C)c2cnn(C)c2C)C1(C)C. The molecule has 0 radical (unpaired) electrons. The molecular weight excluding hydrogens is 238 g/mol. The third-order valence-electron chi connectivity index (χ3n) is 4.74. The first kappa shape index (κ1) is 14.5. The Balaban J connectivity index is 1.98. The van der Waals surface area contributed by atoms with Gasteiger partial charge in [-0.15, -0.1) is 0 Å². The molecule has 1 N–H and O–H groups in total. The van der Waals surface area contributed by atoms with Crippen molar-refractivity contribution in [3.05, 3.63) is 17.5 Å². The lowest BCUT2D eigenvalue weighted by molar-refractivity contribution is -0.116. The Bertz CT molecular complexity index is 439. The van der Waals surface area contributed by atoms with Crippen LogP contribution in [0.15, 0.2) is 6.20 Å². The van der Waals surface area contributed by atoms with Gasteiger partial charge in [-0.05, 0) is 27.2 Å². The number of ether oxygens (including phenoxy) is 1. The molecule has 1 aromatic rings. The maximum atomic E-state index is 5.78. The molecule has 4 nitrogen and oxygen atoms in total. The summed E-state index contributed by atoms with van der Waals surface area (Å²) in [5, 5.41) is 8.05. The molecular formula is C15H27N3O. The Morgan fingerprint density at radius 1 is 1.58 bits per heavy atom. The average molecular weight is 265 g/mol. The zero-order valence-electron chi connectivity index (χ0n) is 13.0. The van der Waals surface area contributed by atoms with Gasteiger partial charge in [-0.25, -0.2) is 0 Å². The molecule has 108 valence electrons. The lowest BCUT2D eigenvalue weighted by Crippen LogP contribution is -2.61. The van der Waals surface area contributed by atoms with Crippen molar-refractivity contribution in [3.8, 4) is 0 Å². The van der Waals surface area contributed by atoms with Crippen molar-refractivity contribution in [3.63, 3.8) is 0 Å². The first-order valence-electron chi connectivity index (χ1n) is 7.24. The van der Waals surface area contributed by atoms with Crippen LogP contribution in [-0.4, -0.2) is 28.5 Å². The summed E-state index contributed by atoms with van der Waals surface area (Å²) in [6.45, 7) is 11.8. The van der Waals surface area contributed by atoms with E-state index in [4.69, 9.17) is 4.74 Å². The zero-order chi connectivity index (χ0) is 14.2. The summed E-state index contributed by atoms with van der Waals surface area (Å²) in [6.07, 6.45) is 3.46. The molecule has 1 aliphatic carbocycles. The highest BCUT2D eigenvalue weighted by atomic mass is 16.5. The highest BCUT2D eigenvalue weighted by Crippen LogP contribution is 2.43. The van der Waals surface area contributed by atoms with Crippen LogP contribution in [-0.2, 0) is 11.8 Å². The standard InChI is InChI=1S/C15H27N3O/c1-7-19-14-8-13(15(14,4)5)17-10(2)12-9-16-18(6)11(12)3/h9-10,13-14,17H,7-8H2,1-6H3. The number of aromatic nitrogens is 2. The summed E-state index contributed by atoms with van der Waals surface area (Å²) in [5.74, 6) is 0. The van der Waals surface area contributed by atoms with Gasteiger partial charge in [0.2, 0.25) is 0 Å². The molecule has 0 bridgehead atoms.